The molecule has 0 saturated heterocycles. The number of fused-ring (bicyclic) bond motifs is 1. The van der Waals surface area contributed by atoms with Gasteiger partial charge < -0.3 is 14.8 Å². The highest BCUT2D eigenvalue weighted by Crippen LogP contribution is 2.35. The quantitative estimate of drug-likeness (QED) is 0.327. The van der Waals surface area contributed by atoms with E-state index in [0.717, 1.165) is 33.6 Å². The second-order valence-corrected chi connectivity index (χ2v) is 8.12. The number of nitrogens with one attached hydrogen (secondary N) is 1. The molecule has 4 aromatic rings. The van der Waals surface area contributed by atoms with Gasteiger partial charge in [-0.15, -0.1) is 11.3 Å². The minimum absolute atomic E-state index is 0.222. The van der Waals surface area contributed by atoms with Crippen LogP contribution in [0.4, 0.5) is 5.69 Å². The lowest BCUT2D eigenvalue weighted by Gasteiger charge is -2.12. The number of anilines is 1. The van der Waals surface area contributed by atoms with Crippen LogP contribution in [-0.4, -0.2) is 24.6 Å². The zero-order valence-electron chi connectivity index (χ0n) is 17.6. The first-order valence-corrected chi connectivity index (χ1v) is 11.1. The zero-order valence-corrected chi connectivity index (χ0v) is 18.4. The molecule has 0 spiro atoms. The van der Waals surface area contributed by atoms with Crippen LogP contribution in [0.2, 0.25) is 0 Å². The molecule has 0 bridgehead atoms. The van der Waals surface area contributed by atoms with E-state index in [1.54, 1.807) is 30.6 Å². The number of para-hydroxylation sites is 1. The SMILES string of the molecule is CCCCOc1cccc(C(=O)Nc2cc(-c3nc4ccccc4s3)ccc2OC)c1. The molecule has 4 rings (SSSR count). The molecule has 1 amide bonds. The predicted molar refractivity (Wildman–Crippen MR) is 126 cm³/mol. The minimum Gasteiger partial charge on any atom is -0.495 e. The number of rotatable bonds is 8. The van der Waals surface area contributed by atoms with Crippen molar-refractivity contribution >= 4 is 33.1 Å². The molecular weight excluding hydrogens is 408 g/mol. The van der Waals surface area contributed by atoms with Gasteiger partial charge in [0.1, 0.15) is 16.5 Å². The molecule has 0 unspecified atom stereocenters. The standard InChI is InChI=1S/C25H24N2O3S/c1-3-4-14-30-19-9-7-8-17(15-19)24(28)26-21-16-18(12-13-22(21)29-2)25-27-20-10-5-6-11-23(20)31-25/h5-13,15-16H,3-4,14H2,1-2H3,(H,26,28). The van der Waals surface area contributed by atoms with E-state index in [2.05, 4.69) is 18.3 Å². The highest BCUT2D eigenvalue weighted by atomic mass is 32.1. The molecule has 158 valence electrons. The van der Waals surface area contributed by atoms with Crippen molar-refractivity contribution in [2.45, 2.75) is 19.8 Å². The number of carbonyl (C=O) groups excluding carboxylic acids is 1. The van der Waals surface area contributed by atoms with Gasteiger partial charge in [-0.25, -0.2) is 4.98 Å². The molecule has 0 fully saturated rings. The largest absolute Gasteiger partial charge is 0.495 e. The first-order chi connectivity index (χ1) is 15.2. The first kappa shape index (κ1) is 20.9. The number of benzene rings is 3. The molecule has 0 radical (unpaired) electrons. The molecule has 5 nitrogen and oxygen atoms in total. The van der Waals surface area contributed by atoms with Gasteiger partial charge in [-0.3, -0.25) is 4.79 Å². The maximum absolute atomic E-state index is 12.9. The lowest BCUT2D eigenvalue weighted by atomic mass is 10.1. The maximum atomic E-state index is 12.9. The molecule has 0 saturated carbocycles. The molecule has 6 heteroatoms. The third-order valence-electron chi connectivity index (χ3n) is 4.85. The number of aromatic nitrogens is 1. The van der Waals surface area contributed by atoms with Crippen molar-refractivity contribution in [3.8, 4) is 22.1 Å². The van der Waals surface area contributed by atoms with Gasteiger partial charge in [0, 0.05) is 11.1 Å². The number of unbranched alkanes of at least 4 members (excludes halogenated alkanes) is 1. The molecule has 0 aliphatic carbocycles. The Labute approximate surface area is 185 Å². The van der Waals surface area contributed by atoms with Crippen molar-refractivity contribution in [3.05, 3.63) is 72.3 Å². The van der Waals surface area contributed by atoms with E-state index in [-0.39, 0.29) is 5.91 Å². The highest BCUT2D eigenvalue weighted by Gasteiger charge is 2.14. The molecule has 0 atom stereocenters. The van der Waals surface area contributed by atoms with Crippen molar-refractivity contribution in [2.24, 2.45) is 0 Å². The van der Waals surface area contributed by atoms with E-state index < -0.39 is 0 Å². The Balaban J connectivity index is 1.58. The summed E-state index contributed by atoms with van der Waals surface area (Å²) >= 11 is 1.62. The number of thiazole rings is 1. The molecule has 0 aliphatic rings. The topological polar surface area (TPSA) is 60.5 Å². The van der Waals surface area contributed by atoms with Crippen LogP contribution >= 0.6 is 11.3 Å². The second-order valence-electron chi connectivity index (χ2n) is 7.09. The summed E-state index contributed by atoms with van der Waals surface area (Å²) in [6, 6.07) is 20.9. The number of hydrogen-bond acceptors (Lipinski definition) is 5. The highest BCUT2D eigenvalue weighted by molar-refractivity contribution is 7.21. The predicted octanol–water partition coefficient (Wildman–Crippen LogP) is 6.40. The molecule has 1 N–H and O–H groups in total. The van der Waals surface area contributed by atoms with E-state index in [9.17, 15) is 4.79 Å². The minimum atomic E-state index is -0.222. The fourth-order valence-corrected chi connectivity index (χ4v) is 4.15. The van der Waals surface area contributed by atoms with Gasteiger partial charge >= 0.3 is 0 Å². The van der Waals surface area contributed by atoms with Gasteiger partial charge in [-0.1, -0.05) is 31.5 Å². The average molecular weight is 433 g/mol. The van der Waals surface area contributed by atoms with Crippen LogP contribution in [0.3, 0.4) is 0 Å². The lowest BCUT2D eigenvalue weighted by molar-refractivity contribution is 0.102. The van der Waals surface area contributed by atoms with Crippen LogP contribution in [0.25, 0.3) is 20.8 Å². The Bertz CT molecular complexity index is 1170. The van der Waals surface area contributed by atoms with Crippen molar-refractivity contribution in [3.63, 3.8) is 0 Å². The Kier molecular flexibility index (Phi) is 6.48. The van der Waals surface area contributed by atoms with Crippen LogP contribution in [0.1, 0.15) is 30.1 Å². The average Bonchev–Trinajstić information content (AvgIpc) is 3.24. The van der Waals surface area contributed by atoms with Gasteiger partial charge in [0.25, 0.3) is 5.91 Å². The molecule has 1 heterocycles. The Morgan fingerprint density at radius 2 is 1.94 bits per heavy atom. The summed E-state index contributed by atoms with van der Waals surface area (Å²) in [5, 5.41) is 3.87. The van der Waals surface area contributed by atoms with Crippen LogP contribution in [0.15, 0.2) is 66.7 Å². The number of carbonyl (C=O) groups is 1. The third kappa shape index (κ3) is 4.86. The van der Waals surface area contributed by atoms with Crippen molar-refractivity contribution in [1.82, 2.24) is 4.98 Å². The molecule has 1 aromatic heterocycles. The fraction of sp³-hybridized carbons (Fsp3) is 0.200. The van der Waals surface area contributed by atoms with Crippen LogP contribution in [-0.2, 0) is 0 Å². The number of nitrogens with zero attached hydrogens (tertiary/aromatic N) is 1. The van der Waals surface area contributed by atoms with E-state index in [4.69, 9.17) is 14.5 Å². The van der Waals surface area contributed by atoms with E-state index in [1.165, 1.54) is 0 Å². The van der Waals surface area contributed by atoms with Gasteiger partial charge in [0.05, 0.1) is 29.6 Å². The van der Waals surface area contributed by atoms with Crippen LogP contribution < -0.4 is 14.8 Å². The summed E-state index contributed by atoms with van der Waals surface area (Å²) in [6.07, 6.45) is 2.04. The molecule has 0 aliphatic heterocycles. The zero-order chi connectivity index (χ0) is 21.6. The van der Waals surface area contributed by atoms with Crippen molar-refractivity contribution in [2.75, 3.05) is 19.0 Å². The van der Waals surface area contributed by atoms with Gasteiger partial charge in [-0.05, 0) is 55.0 Å². The van der Waals surface area contributed by atoms with Crippen molar-refractivity contribution < 1.29 is 14.3 Å². The normalized spacial score (nSPS) is 10.8. The summed E-state index contributed by atoms with van der Waals surface area (Å²) in [7, 11) is 1.59. The maximum Gasteiger partial charge on any atom is 0.255 e. The molecule has 3 aromatic carbocycles. The third-order valence-corrected chi connectivity index (χ3v) is 5.94. The summed E-state index contributed by atoms with van der Waals surface area (Å²) in [5.74, 6) is 1.06. The monoisotopic (exact) mass is 432 g/mol. The summed E-state index contributed by atoms with van der Waals surface area (Å²) < 4.78 is 12.3. The smallest absolute Gasteiger partial charge is 0.255 e. The Hall–Kier alpha value is -3.38. The lowest BCUT2D eigenvalue weighted by Crippen LogP contribution is -2.13. The van der Waals surface area contributed by atoms with Gasteiger partial charge in [0.2, 0.25) is 0 Å². The fourth-order valence-electron chi connectivity index (χ4n) is 3.19. The number of amides is 1. The summed E-state index contributed by atoms with van der Waals surface area (Å²) in [6.45, 7) is 2.75. The second kappa shape index (κ2) is 9.62. The first-order valence-electron chi connectivity index (χ1n) is 10.3. The van der Waals surface area contributed by atoms with Crippen molar-refractivity contribution in [1.29, 1.82) is 0 Å². The summed E-state index contributed by atoms with van der Waals surface area (Å²) in [4.78, 5) is 17.6. The summed E-state index contributed by atoms with van der Waals surface area (Å²) in [5.41, 5.74) is 3.01. The number of ether oxygens (including phenoxy) is 2. The van der Waals surface area contributed by atoms with Gasteiger partial charge in [-0.2, -0.15) is 0 Å². The van der Waals surface area contributed by atoms with E-state index >= 15 is 0 Å². The van der Waals surface area contributed by atoms with E-state index in [1.807, 2.05) is 48.5 Å². The van der Waals surface area contributed by atoms with Crippen LogP contribution in [0.5, 0.6) is 11.5 Å². The Morgan fingerprint density at radius 1 is 1.06 bits per heavy atom. The number of methoxy groups -OCH3 is 1. The molecular formula is C25H24N2O3S. The Morgan fingerprint density at radius 3 is 2.74 bits per heavy atom. The van der Waals surface area contributed by atoms with Crippen LogP contribution in [0, 0.1) is 0 Å². The van der Waals surface area contributed by atoms with E-state index in [0.29, 0.717) is 29.4 Å². The number of hydrogen-bond donors (Lipinski definition) is 1. The molecule has 31 heavy (non-hydrogen) atoms. The van der Waals surface area contributed by atoms with Gasteiger partial charge in [0.15, 0.2) is 0 Å².